The lowest BCUT2D eigenvalue weighted by molar-refractivity contribution is 0.210. The number of rotatable bonds is 5. The maximum absolute atomic E-state index is 4.16. The second-order valence-corrected chi connectivity index (χ2v) is 4.77. The summed E-state index contributed by atoms with van der Waals surface area (Å²) in [7, 11) is 6.07. The van der Waals surface area contributed by atoms with Gasteiger partial charge in [0, 0.05) is 19.1 Å². The molecule has 1 heterocycles. The normalized spacial score (nSPS) is 11.6. The van der Waals surface area contributed by atoms with Gasteiger partial charge in [0.05, 0.1) is 23.8 Å². The lowest BCUT2D eigenvalue weighted by Gasteiger charge is -2.33. The van der Waals surface area contributed by atoms with Crippen LogP contribution in [0.15, 0.2) is 18.5 Å². The van der Waals surface area contributed by atoms with Crippen molar-refractivity contribution < 1.29 is 0 Å². The van der Waals surface area contributed by atoms with Gasteiger partial charge in [0.2, 0.25) is 0 Å². The van der Waals surface area contributed by atoms with Gasteiger partial charge in [-0.25, -0.2) is 0 Å². The SMILES string of the molecule is CNc1cncc(NCC(C)(C)N(C)C)c1. The number of aromatic nitrogens is 1. The van der Waals surface area contributed by atoms with E-state index in [4.69, 9.17) is 0 Å². The van der Waals surface area contributed by atoms with Crippen molar-refractivity contribution in [3.05, 3.63) is 18.5 Å². The van der Waals surface area contributed by atoms with Crippen LogP contribution in [-0.4, -0.2) is 43.1 Å². The Morgan fingerprint density at radius 3 is 2.44 bits per heavy atom. The summed E-state index contributed by atoms with van der Waals surface area (Å²) < 4.78 is 0. The van der Waals surface area contributed by atoms with E-state index in [1.165, 1.54) is 0 Å². The summed E-state index contributed by atoms with van der Waals surface area (Å²) in [6, 6.07) is 2.05. The van der Waals surface area contributed by atoms with Crippen molar-refractivity contribution >= 4 is 11.4 Å². The van der Waals surface area contributed by atoms with Gasteiger partial charge < -0.3 is 15.5 Å². The quantitative estimate of drug-likeness (QED) is 0.798. The van der Waals surface area contributed by atoms with Gasteiger partial charge in [-0.3, -0.25) is 4.98 Å². The third-order valence-corrected chi connectivity index (χ3v) is 2.96. The average molecular weight is 222 g/mol. The highest BCUT2D eigenvalue weighted by atomic mass is 15.2. The van der Waals surface area contributed by atoms with Crippen LogP contribution < -0.4 is 10.6 Å². The van der Waals surface area contributed by atoms with E-state index in [2.05, 4.69) is 54.5 Å². The Morgan fingerprint density at radius 2 is 1.88 bits per heavy atom. The molecule has 0 spiro atoms. The average Bonchev–Trinajstić information content (AvgIpc) is 2.26. The van der Waals surface area contributed by atoms with Crippen molar-refractivity contribution in [2.45, 2.75) is 19.4 Å². The Labute approximate surface area is 98.1 Å². The van der Waals surface area contributed by atoms with Gasteiger partial charge in [-0.05, 0) is 34.0 Å². The standard InChI is InChI=1S/C12H22N4/c1-12(2,16(4)5)9-15-11-6-10(13-3)7-14-8-11/h6-8,13,15H,9H2,1-5H3. The number of anilines is 2. The molecule has 0 atom stereocenters. The first-order valence-corrected chi connectivity index (χ1v) is 5.50. The molecular weight excluding hydrogens is 200 g/mol. The van der Waals surface area contributed by atoms with Gasteiger partial charge in [0.1, 0.15) is 0 Å². The molecule has 0 aliphatic carbocycles. The maximum Gasteiger partial charge on any atom is 0.0548 e. The summed E-state index contributed by atoms with van der Waals surface area (Å²) in [6.07, 6.45) is 3.65. The number of hydrogen-bond acceptors (Lipinski definition) is 4. The summed E-state index contributed by atoms with van der Waals surface area (Å²) in [5.74, 6) is 0. The molecule has 0 amide bonds. The van der Waals surface area contributed by atoms with E-state index in [1.807, 2.05) is 19.4 Å². The van der Waals surface area contributed by atoms with Gasteiger partial charge in [0.15, 0.2) is 0 Å². The molecular formula is C12H22N4. The lowest BCUT2D eigenvalue weighted by atomic mass is 10.0. The maximum atomic E-state index is 4.16. The first-order valence-electron chi connectivity index (χ1n) is 5.50. The summed E-state index contributed by atoms with van der Waals surface area (Å²) in [5.41, 5.74) is 2.18. The van der Waals surface area contributed by atoms with Gasteiger partial charge >= 0.3 is 0 Å². The topological polar surface area (TPSA) is 40.2 Å². The summed E-state index contributed by atoms with van der Waals surface area (Å²) >= 11 is 0. The van der Waals surface area contributed by atoms with E-state index in [9.17, 15) is 0 Å². The molecule has 0 bridgehead atoms. The summed E-state index contributed by atoms with van der Waals surface area (Å²) in [5, 5.41) is 6.47. The van der Waals surface area contributed by atoms with Crippen LogP contribution in [0.2, 0.25) is 0 Å². The van der Waals surface area contributed by atoms with Gasteiger partial charge in [0.25, 0.3) is 0 Å². The Hall–Kier alpha value is -1.29. The van der Waals surface area contributed by atoms with Crippen LogP contribution in [-0.2, 0) is 0 Å². The van der Waals surface area contributed by atoms with Crippen LogP contribution in [0.25, 0.3) is 0 Å². The van der Waals surface area contributed by atoms with Crippen molar-refractivity contribution in [3.8, 4) is 0 Å². The number of pyridine rings is 1. The van der Waals surface area contributed by atoms with E-state index in [0.717, 1.165) is 17.9 Å². The number of nitrogens with zero attached hydrogens (tertiary/aromatic N) is 2. The Bertz CT molecular complexity index is 334. The molecule has 0 radical (unpaired) electrons. The zero-order chi connectivity index (χ0) is 12.2. The van der Waals surface area contributed by atoms with Crippen LogP contribution in [0.3, 0.4) is 0 Å². The summed E-state index contributed by atoms with van der Waals surface area (Å²) in [4.78, 5) is 6.37. The zero-order valence-electron chi connectivity index (χ0n) is 10.8. The van der Waals surface area contributed by atoms with Crippen molar-refractivity contribution in [2.75, 3.05) is 38.3 Å². The fourth-order valence-corrected chi connectivity index (χ4v) is 1.15. The molecule has 4 nitrogen and oxygen atoms in total. The lowest BCUT2D eigenvalue weighted by Crippen LogP contribution is -2.44. The van der Waals surface area contributed by atoms with Crippen molar-refractivity contribution in [1.82, 2.24) is 9.88 Å². The largest absolute Gasteiger partial charge is 0.387 e. The first kappa shape index (κ1) is 12.8. The fraction of sp³-hybridized carbons (Fsp3) is 0.583. The minimum Gasteiger partial charge on any atom is -0.387 e. The Kier molecular flexibility index (Phi) is 4.12. The monoisotopic (exact) mass is 222 g/mol. The van der Waals surface area contributed by atoms with Crippen LogP contribution in [0.4, 0.5) is 11.4 Å². The molecule has 1 aromatic heterocycles. The smallest absolute Gasteiger partial charge is 0.0548 e. The molecule has 0 aliphatic rings. The Morgan fingerprint density at radius 1 is 1.25 bits per heavy atom. The highest BCUT2D eigenvalue weighted by Crippen LogP contribution is 2.15. The van der Waals surface area contributed by atoms with Crippen LogP contribution in [0, 0.1) is 0 Å². The van der Waals surface area contributed by atoms with E-state index in [0.29, 0.717) is 0 Å². The van der Waals surface area contributed by atoms with E-state index in [1.54, 1.807) is 0 Å². The second kappa shape index (κ2) is 5.16. The molecule has 0 aromatic carbocycles. The molecule has 0 saturated heterocycles. The second-order valence-electron chi connectivity index (χ2n) is 4.77. The third-order valence-electron chi connectivity index (χ3n) is 2.96. The summed E-state index contributed by atoms with van der Waals surface area (Å²) in [6.45, 7) is 5.29. The van der Waals surface area contributed by atoms with Crippen LogP contribution in [0.5, 0.6) is 0 Å². The van der Waals surface area contributed by atoms with Crippen LogP contribution >= 0.6 is 0 Å². The molecule has 0 aliphatic heterocycles. The molecule has 4 heteroatoms. The molecule has 1 aromatic rings. The molecule has 16 heavy (non-hydrogen) atoms. The van der Waals surface area contributed by atoms with Crippen molar-refractivity contribution in [2.24, 2.45) is 0 Å². The van der Waals surface area contributed by atoms with Gasteiger partial charge in [-0.1, -0.05) is 0 Å². The van der Waals surface area contributed by atoms with Crippen molar-refractivity contribution in [1.29, 1.82) is 0 Å². The molecule has 2 N–H and O–H groups in total. The fourth-order valence-electron chi connectivity index (χ4n) is 1.15. The van der Waals surface area contributed by atoms with E-state index >= 15 is 0 Å². The zero-order valence-corrected chi connectivity index (χ0v) is 10.8. The number of nitrogens with one attached hydrogen (secondary N) is 2. The van der Waals surface area contributed by atoms with Gasteiger partial charge in [-0.15, -0.1) is 0 Å². The number of likely N-dealkylation sites (N-methyl/N-ethyl adjacent to an activating group) is 1. The van der Waals surface area contributed by atoms with E-state index < -0.39 is 0 Å². The predicted octanol–water partition coefficient (Wildman–Crippen LogP) is 1.88. The third kappa shape index (κ3) is 3.38. The molecule has 90 valence electrons. The van der Waals surface area contributed by atoms with Gasteiger partial charge in [-0.2, -0.15) is 0 Å². The number of hydrogen-bond donors (Lipinski definition) is 2. The predicted molar refractivity (Wildman–Crippen MR) is 70.0 cm³/mol. The minimum absolute atomic E-state index is 0.121. The molecule has 0 fully saturated rings. The highest BCUT2D eigenvalue weighted by molar-refractivity contribution is 5.53. The molecule has 1 rings (SSSR count). The highest BCUT2D eigenvalue weighted by Gasteiger charge is 2.19. The molecule has 0 unspecified atom stereocenters. The first-order chi connectivity index (χ1) is 7.45. The van der Waals surface area contributed by atoms with Crippen molar-refractivity contribution in [3.63, 3.8) is 0 Å². The van der Waals surface area contributed by atoms with Crippen LogP contribution in [0.1, 0.15) is 13.8 Å². The Balaban J connectivity index is 2.60. The molecule has 0 saturated carbocycles. The van der Waals surface area contributed by atoms with E-state index in [-0.39, 0.29) is 5.54 Å². The minimum atomic E-state index is 0.121.